The molecule has 12 heteroatoms. The van der Waals surface area contributed by atoms with Gasteiger partial charge in [-0.3, -0.25) is 4.79 Å². The fourth-order valence-corrected chi connectivity index (χ4v) is 3.12. The summed E-state index contributed by atoms with van der Waals surface area (Å²) in [6, 6.07) is 12.3. The monoisotopic (exact) mass is 460 g/mol. The largest absolute Gasteiger partial charge is 0.573 e. The maximum atomic E-state index is 12.4. The molecule has 1 aromatic heterocycles. The highest BCUT2D eigenvalue weighted by Gasteiger charge is 2.32. The molecule has 0 saturated carbocycles. The summed E-state index contributed by atoms with van der Waals surface area (Å²) in [4.78, 5) is 26.3. The van der Waals surface area contributed by atoms with Crippen LogP contribution in [0.5, 0.6) is 11.5 Å². The Hall–Kier alpha value is -4.09. The van der Waals surface area contributed by atoms with E-state index in [9.17, 15) is 18.0 Å². The molecule has 33 heavy (non-hydrogen) atoms. The number of alkyl halides is 3. The lowest BCUT2D eigenvalue weighted by atomic mass is 10.2. The van der Waals surface area contributed by atoms with E-state index in [4.69, 9.17) is 4.74 Å². The molecular formula is C21H19F3N6O3. The first-order chi connectivity index (χ1) is 15.8. The number of amides is 1. The first-order valence-corrected chi connectivity index (χ1v) is 9.85. The van der Waals surface area contributed by atoms with Crippen molar-refractivity contribution in [3.8, 4) is 11.5 Å². The number of nitrogens with one attached hydrogen (secondary N) is 2. The van der Waals surface area contributed by atoms with Crippen LogP contribution >= 0.6 is 0 Å². The third-order valence-electron chi connectivity index (χ3n) is 4.64. The van der Waals surface area contributed by atoms with Crippen molar-refractivity contribution in [3.05, 3.63) is 60.4 Å². The number of hydrogen-bond donors (Lipinski definition) is 2. The van der Waals surface area contributed by atoms with Crippen LogP contribution in [0.2, 0.25) is 0 Å². The lowest BCUT2D eigenvalue weighted by molar-refractivity contribution is -0.274. The van der Waals surface area contributed by atoms with E-state index in [2.05, 4.69) is 30.3 Å². The Morgan fingerprint density at radius 2 is 1.85 bits per heavy atom. The summed E-state index contributed by atoms with van der Waals surface area (Å²) in [6.07, 6.45) is -3.65. The number of carbonyl (C=O) groups is 1. The van der Waals surface area contributed by atoms with Crippen LogP contribution in [0.1, 0.15) is 10.4 Å². The van der Waals surface area contributed by atoms with Crippen LogP contribution in [0.3, 0.4) is 0 Å². The van der Waals surface area contributed by atoms with Crippen LogP contribution in [-0.4, -0.2) is 53.5 Å². The maximum absolute atomic E-state index is 12.4. The minimum Gasteiger partial charge on any atom is -0.487 e. The molecule has 0 aliphatic carbocycles. The molecule has 2 aromatic carbocycles. The molecule has 2 heterocycles. The number of rotatable bonds is 7. The van der Waals surface area contributed by atoms with E-state index >= 15 is 0 Å². The van der Waals surface area contributed by atoms with Gasteiger partial charge in [-0.05, 0) is 30.3 Å². The van der Waals surface area contributed by atoms with Gasteiger partial charge in [0.2, 0.25) is 11.9 Å². The van der Waals surface area contributed by atoms with Gasteiger partial charge in [0, 0.05) is 24.4 Å². The highest BCUT2D eigenvalue weighted by Crippen LogP contribution is 2.28. The zero-order chi connectivity index (χ0) is 23.4. The van der Waals surface area contributed by atoms with Crippen molar-refractivity contribution in [2.24, 2.45) is 0 Å². The van der Waals surface area contributed by atoms with E-state index in [-0.39, 0.29) is 23.5 Å². The van der Waals surface area contributed by atoms with Crippen LogP contribution < -0.4 is 25.0 Å². The smallest absolute Gasteiger partial charge is 0.487 e. The zero-order valence-electron chi connectivity index (χ0n) is 17.3. The third-order valence-corrected chi connectivity index (χ3v) is 4.64. The highest BCUT2D eigenvalue weighted by atomic mass is 19.4. The van der Waals surface area contributed by atoms with Gasteiger partial charge in [0.15, 0.2) is 0 Å². The summed E-state index contributed by atoms with van der Waals surface area (Å²) in [6.45, 7) is 0.889. The van der Waals surface area contributed by atoms with Crippen molar-refractivity contribution >= 4 is 23.5 Å². The molecule has 2 N–H and O–H groups in total. The number of carbonyl (C=O) groups excluding carboxylic acids is 1. The third kappa shape index (κ3) is 5.79. The maximum Gasteiger partial charge on any atom is 0.573 e. The molecule has 1 aliphatic rings. The Morgan fingerprint density at radius 1 is 1.09 bits per heavy atom. The first-order valence-electron chi connectivity index (χ1n) is 9.85. The summed E-state index contributed by atoms with van der Waals surface area (Å²) in [5.74, 6) is 0.441. The van der Waals surface area contributed by atoms with Crippen molar-refractivity contribution < 1.29 is 27.4 Å². The molecule has 1 aliphatic heterocycles. The van der Waals surface area contributed by atoms with Crippen LogP contribution in [0, 0.1) is 0 Å². The van der Waals surface area contributed by atoms with Gasteiger partial charge < -0.3 is 25.0 Å². The number of halogens is 3. The molecule has 0 unspecified atom stereocenters. The van der Waals surface area contributed by atoms with Crippen LogP contribution in [-0.2, 0) is 0 Å². The molecule has 3 aromatic rings. The van der Waals surface area contributed by atoms with Gasteiger partial charge in [-0.25, -0.2) is 9.97 Å². The number of nitrogens with zero attached hydrogens (tertiary/aromatic N) is 4. The van der Waals surface area contributed by atoms with Crippen LogP contribution in [0.25, 0.3) is 0 Å². The second kappa shape index (κ2) is 9.18. The fourth-order valence-electron chi connectivity index (χ4n) is 3.12. The summed E-state index contributed by atoms with van der Waals surface area (Å²) in [7, 11) is 1.55. The van der Waals surface area contributed by atoms with E-state index < -0.39 is 6.36 Å². The van der Waals surface area contributed by atoms with E-state index in [1.54, 1.807) is 37.4 Å². The normalized spacial score (nSPS) is 13.8. The van der Waals surface area contributed by atoms with Crippen LogP contribution in [0.15, 0.2) is 54.9 Å². The Labute approximate surface area is 186 Å². The fraction of sp³-hybridized carbons (Fsp3) is 0.238. The zero-order valence-corrected chi connectivity index (χ0v) is 17.3. The second-order valence-corrected chi connectivity index (χ2v) is 7.06. The molecule has 1 saturated heterocycles. The molecule has 0 radical (unpaired) electrons. The van der Waals surface area contributed by atoms with Crippen molar-refractivity contribution in [2.45, 2.75) is 12.5 Å². The summed E-state index contributed by atoms with van der Waals surface area (Å²) < 4.78 is 46.8. The minimum absolute atomic E-state index is 0.211. The van der Waals surface area contributed by atoms with Crippen LogP contribution in [0.4, 0.5) is 30.8 Å². The molecule has 172 valence electrons. The average Bonchev–Trinajstić information content (AvgIpc) is 2.75. The van der Waals surface area contributed by atoms with Crippen molar-refractivity contribution in [1.29, 1.82) is 0 Å². The lowest BCUT2D eigenvalue weighted by Crippen LogP contribution is -2.54. The van der Waals surface area contributed by atoms with Gasteiger partial charge in [-0.1, -0.05) is 12.1 Å². The van der Waals surface area contributed by atoms with Gasteiger partial charge in [0.1, 0.15) is 23.9 Å². The average molecular weight is 460 g/mol. The van der Waals surface area contributed by atoms with Crippen molar-refractivity contribution in [1.82, 2.24) is 20.3 Å². The van der Waals surface area contributed by atoms with E-state index in [0.29, 0.717) is 36.2 Å². The van der Waals surface area contributed by atoms with Gasteiger partial charge >= 0.3 is 6.36 Å². The van der Waals surface area contributed by atoms with E-state index in [1.165, 1.54) is 24.5 Å². The molecule has 1 fully saturated rings. The van der Waals surface area contributed by atoms with E-state index in [1.807, 2.05) is 4.90 Å². The number of anilines is 3. The molecule has 0 bridgehead atoms. The number of benzene rings is 2. The number of aromatic nitrogens is 3. The molecule has 0 spiro atoms. The van der Waals surface area contributed by atoms with E-state index in [0.717, 1.165) is 0 Å². The highest BCUT2D eigenvalue weighted by molar-refractivity contribution is 5.95. The summed E-state index contributed by atoms with van der Waals surface area (Å²) >= 11 is 0. The van der Waals surface area contributed by atoms with Gasteiger partial charge in [0.25, 0.3) is 5.91 Å². The molecule has 0 atom stereocenters. The predicted molar refractivity (Wildman–Crippen MR) is 113 cm³/mol. The lowest BCUT2D eigenvalue weighted by Gasteiger charge is -2.38. The van der Waals surface area contributed by atoms with Gasteiger partial charge in [-0.15, -0.1) is 13.2 Å². The molecular weight excluding hydrogens is 441 g/mol. The first kappa shape index (κ1) is 22.1. The van der Waals surface area contributed by atoms with Crippen molar-refractivity contribution in [2.75, 3.05) is 30.4 Å². The summed E-state index contributed by atoms with van der Waals surface area (Å²) in [5, 5.41) is 5.60. The standard InChI is InChI=1S/C21H19F3N6O3/c1-25-18(31)13-4-2-5-14(8-13)28-19-26-12-27-20(29-19)30-10-17(11-30)32-15-6-3-7-16(9-15)33-21(22,23)24/h2-9,12,17H,10-11H2,1H3,(H,25,31)(H,26,27,28,29). The quantitative estimate of drug-likeness (QED) is 0.555. The van der Waals surface area contributed by atoms with Gasteiger partial charge in [-0.2, -0.15) is 4.98 Å². The molecule has 4 rings (SSSR count). The Kier molecular flexibility index (Phi) is 6.16. The minimum atomic E-state index is -4.76. The van der Waals surface area contributed by atoms with Gasteiger partial charge in [0.05, 0.1) is 13.1 Å². The Balaban J connectivity index is 1.35. The SMILES string of the molecule is CNC(=O)c1cccc(Nc2ncnc(N3CC(Oc4cccc(OC(F)(F)F)c4)C3)n2)c1. The van der Waals surface area contributed by atoms with Crippen molar-refractivity contribution in [3.63, 3.8) is 0 Å². The summed E-state index contributed by atoms with van der Waals surface area (Å²) in [5.41, 5.74) is 1.13. The second-order valence-electron chi connectivity index (χ2n) is 7.06. The number of hydrogen-bond acceptors (Lipinski definition) is 8. The Morgan fingerprint density at radius 3 is 2.61 bits per heavy atom. The number of ether oxygens (including phenoxy) is 2. The molecule has 9 nitrogen and oxygen atoms in total. The Bertz CT molecular complexity index is 1140. The topological polar surface area (TPSA) is 102 Å². The molecule has 1 amide bonds. The predicted octanol–water partition coefficient (Wildman–Crippen LogP) is 3.14.